The Hall–Kier alpha value is -0.370. The van der Waals surface area contributed by atoms with Gasteiger partial charge in [0, 0.05) is 32.8 Å². The molecular formula is C10H14BrN. The van der Waals surface area contributed by atoms with Gasteiger partial charge in [-0.25, -0.2) is 0 Å². The molecule has 1 unspecified atom stereocenters. The molecule has 0 bridgehead atoms. The van der Waals surface area contributed by atoms with E-state index in [2.05, 4.69) is 20.9 Å². The van der Waals surface area contributed by atoms with Gasteiger partial charge in [0.2, 0.25) is 0 Å². The molecule has 12 heavy (non-hydrogen) atoms. The van der Waals surface area contributed by atoms with E-state index in [-0.39, 0.29) is 4.47 Å². The molecule has 2 heteroatoms. The lowest BCUT2D eigenvalue weighted by molar-refractivity contribution is 0.701. The van der Waals surface area contributed by atoms with Gasteiger partial charge < -0.3 is 0 Å². The first-order valence-corrected chi connectivity index (χ1v) is 3.84. The highest BCUT2D eigenvalue weighted by Gasteiger charge is 2.08. The molecule has 0 aliphatic rings. The predicted octanol–water partition coefficient (Wildman–Crippen LogP) is 3.67. The standard InChI is InChI=1S/C10H14BrN/c1-4-7(2)10-8(3)9(11)5-6-12-10/h5-7H,4H2,1-3H3/i1D3,2D3,3D3,4D2,7D. The van der Waals surface area contributed by atoms with Crippen molar-refractivity contribution in [2.45, 2.75) is 32.8 Å². The zero-order valence-electron chi connectivity index (χ0n) is 18.0. The van der Waals surface area contributed by atoms with Crippen LogP contribution in [0.2, 0.25) is 0 Å². The molecule has 0 N–H and O–H groups in total. The van der Waals surface area contributed by atoms with Gasteiger partial charge in [-0.2, -0.15) is 0 Å². The largest absolute Gasteiger partial charge is 0.261 e. The fourth-order valence-corrected chi connectivity index (χ4v) is 0.993. The van der Waals surface area contributed by atoms with Crippen LogP contribution < -0.4 is 0 Å². The zero-order valence-corrected chi connectivity index (χ0v) is 7.57. The fourth-order valence-electron chi connectivity index (χ4n) is 0.687. The van der Waals surface area contributed by atoms with Gasteiger partial charge in [0.1, 0.15) is 0 Å². The first-order chi connectivity index (χ1) is 10.4. The average molecular weight is 240 g/mol. The Kier molecular flexibility index (Phi) is 0.791. The second-order valence-corrected chi connectivity index (χ2v) is 2.87. The van der Waals surface area contributed by atoms with Crippen LogP contribution in [-0.2, 0) is 0 Å². The van der Waals surface area contributed by atoms with Gasteiger partial charge in [0.15, 0.2) is 0 Å². The fraction of sp³-hybridized carbons (Fsp3) is 0.500. The van der Waals surface area contributed by atoms with E-state index in [1.54, 1.807) is 0 Å². The molecule has 1 aromatic rings. The summed E-state index contributed by atoms with van der Waals surface area (Å²) in [6.45, 7) is -9.94. The summed E-state index contributed by atoms with van der Waals surface area (Å²) in [5, 5.41) is 0. The molecule has 0 saturated heterocycles. The topological polar surface area (TPSA) is 12.9 Å². The van der Waals surface area contributed by atoms with Crippen LogP contribution in [0.4, 0.5) is 0 Å². The molecule has 0 radical (unpaired) electrons. The molecule has 1 rings (SSSR count). The highest BCUT2D eigenvalue weighted by molar-refractivity contribution is 9.10. The summed E-state index contributed by atoms with van der Waals surface area (Å²) in [7, 11) is 0. The third-order valence-corrected chi connectivity index (χ3v) is 1.92. The Bertz CT molecular complexity index is 616. The van der Waals surface area contributed by atoms with Crippen molar-refractivity contribution < 1.29 is 16.4 Å². The Morgan fingerprint density at radius 3 is 3.50 bits per heavy atom. The molecule has 0 aliphatic carbocycles. The summed E-state index contributed by atoms with van der Waals surface area (Å²) in [5.41, 5.74) is -1.66. The maximum Gasteiger partial charge on any atom is 0.0471 e. The minimum atomic E-state index is -3.60. The highest BCUT2D eigenvalue weighted by Crippen LogP contribution is 2.24. The van der Waals surface area contributed by atoms with E-state index < -0.39 is 44.1 Å². The molecule has 1 aromatic heterocycles. The lowest BCUT2D eigenvalue weighted by Gasteiger charge is -2.11. The van der Waals surface area contributed by atoms with Crippen LogP contribution in [0.5, 0.6) is 0 Å². The molecule has 0 fully saturated rings. The Morgan fingerprint density at radius 2 is 2.83 bits per heavy atom. The number of nitrogens with zero attached hydrogens (tertiary/aromatic N) is 1. The van der Waals surface area contributed by atoms with Crippen molar-refractivity contribution in [3.63, 3.8) is 0 Å². The van der Waals surface area contributed by atoms with Crippen molar-refractivity contribution in [2.24, 2.45) is 0 Å². The van der Waals surface area contributed by atoms with Gasteiger partial charge in [-0.15, -0.1) is 0 Å². The van der Waals surface area contributed by atoms with Crippen LogP contribution in [-0.4, -0.2) is 4.98 Å². The monoisotopic (exact) mass is 239 g/mol. The van der Waals surface area contributed by atoms with E-state index in [4.69, 9.17) is 16.4 Å². The van der Waals surface area contributed by atoms with E-state index in [0.29, 0.717) is 0 Å². The lowest BCUT2D eigenvalue weighted by Crippen LogP contribution is -1.98. The van der Waals surface area contributed by atoms with Crippen LogP contribution in [0.25, 0.3) is 0 Å². The van der Waals surface area contributed by atoms with Gasteiger partial charge >= 0.3 is 0 Å². The van der Waals surface area contributed by atoms with E-state index >= 15 is 0 Å². The molecule has 0 spiro atoms. The van der Waals surface area contributed by atoms with Crippen molar-refractivity contribution >= 4 is 15.9 Å². The van der Waals surface area contributed by atoms with Crippen LogP contribution in [0.1, 0.15) is 53.7 Å². The highest BCUT2D eigenvalue weighted by atomic mass is 79.9. The zero-order chi connectivity index (χ0) is 19.4. The van der Waals surface area contributed by atoms with Crippen LogP contribution in [0.15, 0.2) is 16.7 Å². The Balaban J connectivity index is 3.98. The number of aromatic nitrogens is 1. The minimum absolute atomic E-state index is 0.116. The third-order valence-electron chi connectivity index (χ3n) is 1.26. The second kappa shape index (κ2) is 4.04. The van der Waals surface area contributed by atoms with Crippen molar-refractivity contribution in [1.82, 2.24) is 4.98 Å². The molecule has 66 valence electrons. The molecule has 0 aliphatic heterocycles. The van der Waals surface area contributed by atoms with Crippen molar-refractivity contribution in [2.75, 3.05) is 0 Å². The third kappa shape index (κ3) is 1.86. The smallest absolute Gasteiger partial charge is 0.0471 e. The number of rotatable bonds is 2. The molecule has 1 nitrogen and oxygen atoms in total. The van der Waals surface area contributed by atoms with E-state index in [9.17, 15) is 0 Å². The molecule has 1 heterocycles. The van der Waals surface area contributed by atoms with E-state index in [0.717, 1.165) is 6.20 Å². The first-order valence-electron chi connectivity index (χ1n) is 9.04. The van der Waals surface area contributed by atoms with Crippen LogP contribution in [0, 0.1) is 6.85 Å². The lowest BCUT2D eigenvalue weighted by atomic mass is 10.0. The molecule has 1 atom stereocenters. The van der Waals surface area contributed by atoms with Crippen molar-refractivity contribution in [1.29, 1.82) is 0 Å². The molecule has 0 saturated carbocycles. The van der Waals surface area contributed by atoms with Gasteiger partial charge in [0.25, 0.3) is 0 Å². The first kappa shape index (κ1) is 2.35. The summed E-state index contributed by atoms with van der Waals surface area (Å²) < 4.78 is 90.9. The Morgan fingerprint density at radius 1 is 1.92 bits per heavy atom. The quantitative estimate of drug-likeness (QED) is 0.768. The number of halogens is 1. The van der Waals surface area contributed by atoms with Crippen molar-refractivity contribution in [3.8, 4) is 0 Å². The second-order valence-electron chi connectivity index (χ2n) is 2.02. The molecule has 0 amide bonds. The number of pyridine rings is 1. The maximum absolute atomic E-state index is 8.26. The van der Waals surface area contributed by atoms with Crippen LogP contribution >= 0.6 is 15.9 Å². The van der Waals surface area contributed by atoms with Gasteiger partial charge in [-0.05, 0) is 30.7 Å². The summed E-state index contributed by atoms with van der Waals surface area (Å²) >= 11 is 2.93. The number of hydrogen-bond acceptors (Lipinski definition) is 1. The summed E-state index contributed by atoms with van der Waals surface area (Å²) in [5.74, 6) is -3.43. The predicted molar refractivity (Wildman–Crippen MR) is 55.4 cm³/mol. The molecule has 0 aromatic carbocycles. The van der Waals surface area contributed by atoms with Gasteiger partial charge in [0.05, 0.1) is 0 Å². The van der Waals surface area contributed by atoms with E-state index in [1.807, 2.05) is 0 Å². The van der Waals surface area contributed by atoms with Crippen molar-refractivity contribution in [3.05, 3.63) is 28.0 Å². The normalized spacial score (nSPS) is 34.8. The van der Waals surface area contributed by atoms with E-state index in [1.165, 1.54) is 6.07 Å². The summed E-state index contributed by atoms with van der Waals surface area (Å²) in [6.07, 6.45) is -2.61. The Labute approximate surface area is 99.2 Å². The average Bonchev–Trinajstić information content (AvgIpc) is 2.32. The number of hydrogen-bond donors (Lipinski definition) is 0. The summed E-state index contributed by atoms with van der Waals surface area (Å²) in [4.78, 5) is 3.60. The van der Waals surface area contributed by atoms with Crippen LogP contribution in [0.3, 0.4) is 0 Å². The minimum Gasteiger partial charge on any atom is -0.261 e. The van der Waals surface area contributed by atoms with Gasteiger partial charge in [-0.3, -0.25) is 4.98 Å². The summed E-state index contributed by atoms with van der Waals surface area (Å²) in [6, 6.07) is 1.19. The maximum atomic E-state index is 8.26. The molecular weight excluding hydrogens is 214 g/mol. The SMILES string of the molecule is [2H]C([2H])([2H])c1c(Br)ccnc1C([2H])(C([2H])([2H])[2H])C([2H])([2H])C([2H])([2H])[2H]. The van der Waals surface area contributed by atoms with Gasteiger partial charge in [-0.1, -0.05) is 29.6 Å².